The van der Waals surface area contributed by atoms with Gasteiger partial charge in [0.2, 0.25) is 0 Å². The number of nitrogens with one attached hydrogen (secondary N) is 1. The van der Waals surface area contributed by atoms with Gasteiger partial charge in [0, 0.05) is 6.54 Å². The Morgan fingerprint density at radius 3 is 2.67 bits per heavy atom. The first kappa shape index (κ1) is 14.3. The largest absolute Gasteiger partial charge is 0.495 e. The Morgan fingerprint density at radius 1 is 1.50 bits per heavy atom. The van der Waals surface area contributed by atoms with Crippen molar-refractivity contribution < 1.29 is 14.6 Å². The van der Waals surface area contributed by atoms with E-state index in [0.717, 1.165) is 11.3 Å². The molecule has 100 valence electrons. The van der Waals surface area contributed by atoms with E-state index in [-0.39, 0.29) is 6.54 Å². The smallest absolute Gasteiger partial charge is 0.322 e. The van der Waals surface area contributed by atoms with Gasteiger partial charge >= 0.3 is 5.97 Å². The highest BCUT2D eigenvalue weighted by Gasteiger charge is 2.13. The number of benzene rings is 1. The minimum atomic E-state index is -1.03. The molecule has 0 spiro atoms. The molecule has 1 aromatic carbocycles. The third-order valence-corrected chi connectivity index (χ3v) is 2.72. The van der Waals surface area contributed by atoms with Gasteiger partial charge in [0.25, 0.3) is 0 Å². The summed E-state index contributed by atoms with van der Waals surface area (Å²) in [6, 6.07) is 4.88. The van der Waals surface area contributed by atoms with E-state index in [2.05, 4.69) is 19.2 Å². The lowest BCUT2D eigenvalue weighted by molar-refractivity contribution is -0.138. The number of carboxylic acid groups (broad SMARTS) is 1. The van der Waals surface area contributed by atoms with Crippen LogP contribution in [0.25, 0.3) is 0 Å². The van der Waals surface area contributed by atoms with E-state index in [1.54, 1.807) is 7.11 Å². The number of carbonyl (C=O) groups is 1. The lowest BCUT2D eigenvalue weighted by Gasteiger charge is -2.15. The zero-order chi connectivity index (χ0) is 13.7. The third kappa shape index (κ3) is 3.63. The van der Waals surface area contributed by atoms with Crippen LogP contribution in [0.5, 0.6) is 5.75 Å². The van der Waals surface area contributed by atoms with Crippen LogP contribution in [0.4, 0.5) is 5.69 Å². The van der Waals surface area contributed by atoms with Crippen LogP contribution in [-0.4, -0.2) is 30.8 Å². The summed E-state index contributed by atoms with van der Waals surface area (Å²) in [5.41, 5.74) is 7.37. The predicted octanol–water partition coefficient (Wildman–Crippen LogP) is 1.64. The van der Waals surface area contributed by atoms with Crippen molar-refractivity contribution in [3.63, 3.8) is 0 Å². The summed E-state index contributed by atoms with van der Waals surface area (Å²) < 4.78 is 5.22. The standard InChI is InChI=1S/C13H20N2O3/c1-8(2)9-4-5-12(18-3)11(6-9)15-7-10(14)13(16)17/h4-6,8,10,15H,7,14H2,1-3H3,(H,16,17). The molecule has 0 heterocycles. The Morgan fingerprint density at radius 2 is 2.17 bits per heavy atom. The van der Waals surface area contributed by atoms with Gasteiger partial charge in [-0.25, -0.2) is 0 Å². The van der Waals surface area contributed by atoms with Crippen LogP contribution in [0.1, 0.15) is 25.3 Å². The first-order valence-corrected chi connectivity index (χ1v) is 5.86. The van der Waals surface area contributed by atoms with Gasteiger partial charge in [-0.1, -0.05) is 19.9 Å². The van der Waals surface area contributed by atoms with Crippen molar-refractivity contribution in [2.24, 2.45) is 5.73 Å². The molecule has 1 rings (SSSR count). The molecule has 1 aromatic rings. The molecule has 1 atom stereocenters. The molecule has 0 aliphatic rings. The second-order valence-corrected chi connectivity index (χ2v) is 4.44. The molecule has 0 saturated heterocycles. The van der Waals surface area contributed by atoms with Crippen molar-refractivity contribution >= 4 is 11.7 Å². The monoisotopic (exact) mass is 252 g/mol. The number of nitrogens with two attached hydrogens (primary N) is 1. The number of aliphatic carboxylic acids is 1. The molecular weight excluding hydrogens is 232 g/mol. The SMILES string of the molecule is COc1ccc(C(C)C)cc1NCC(N)C(=O)O. The molecule has 0 aliphatic carbocycles. The Labute approximate surface area is 107 Å². The fourth-order valence-electron chi connectivity index (χ4n) is 1.53. The zero-order valence-electron chi connectivity index (χ0n) is 10.9. The molecule has 0 saturated carbocycles. The molecule has 5 heteroatoms. The molecule has 0 aromatic heterocycles. The first-order chi connectivity index (χ1) is 8.45. The van der Waals surface area contributed by atoms with Crippen molar-refractivity contribution in [1.29, 1.82) is 0 Å². The molecular formula is C13H20N2O3. The summed E-state index contributed by atoms with van der Waals surface area (Å²) in [6.45, 7) is 4.34. The molecule has 18 heavy (non-hydrogen) atoms. The molecule has 1 unspecified atom stereocenters. The first-order valence-electron chi connectivity index (χ1n) is 5.86. The van der Waals surface area contributed by atoms with E-state index in [1.165, 1.54) is 0 Å². The molecule has 0 fully saturated rings. The minimum absolute atomic E-state index is 0.160. The lowest BCUT2D eigenvalue weighted by Crippen LogP contribution is -2.37. The number of rotatable bonds is 6. The highest BCUT2D eigenvalue weighted by Crippen LogP contribution is 2.28. The Hall–Kier alpha value is -1.75. The van der Waals surface area contributed by atoms with E-state index in [0.29, 0.717) is 11.7 Å². The maximum atomic E-state index is 10.7. The summed E-state index contributed by atoms with van der Waals surface area (Å²) >= 11 is 0. The van der Waals surface area contributed by atoms with Crippen LogP contribution in [0.2, 0.25) is 0 Å². The zero-order valence-corrected chi connectivity index (χ0v) is 10.9. The fourth-order valence-corrected chi connectivity index (χ4v) is 1.53. The van der Waals surface area contributed by atoms with Gasteiger partial charge in [0.1, 0.15) is 11.8 Å². The van der Waals surface area contributed by atoms with Gasteiger partial charge < -0.3 is 20.9 Å². The van der Waals surface area contributed by atoms with Crippen LogP contribution in [0, 0.1) is 0 Å². The van der Waals surface area contributed by atoms with Gasteiger partial charge in [-0.2, -0.15) is 0 Å². The van der Waals surface area contributed by atoms with Crippen molar-refractivity contribution in [3.8, 4) is 5.75 Å². The highest BCUT2D eigenvalue weighted by atomic mass is 16.5. The highest BCUT2D eigenvalue weighted by molar-refractivity contribution is 5.74. The average Bonchev–Trinajstić information content (AvgIpc) is 2.35. The summed E-state index contributed by atoms with van der Waals surface area (Å²) in [5.74, 6) is 0.0445. The fraction of sp³-hybridized carbons (Fsp3) is 0.462. The maximum Gasteiger partial charge on any atom is 0.322 e. The van der Waals surface area contributed by atoms with E-state index < -0.39 is 12.0 Å². The molecule has 0 amide bonds. The summed E-state index contributed by atoms with van der Waals surface area (Å²) in [7, 11) is 1.58. The molecule has 5 nitrogen and oxygen atoms in total. The van der Waals surface area contributed by atoms with Crippen LogP contribution >= 0.6 is 0 Å². The molecule has 0 radical (unpaired) electrons. The number of ether oxygens (including phenoxy) is 1. The van der Waals surface area contributed by atoms with Crippen LogP contribution < -0.4 is 15.8 Å². The summed E-state index contributed by atoms with van der Waals surface area (Å²) in [4.78, 5) is 10.7. The van der Waals surface area contributed by atoms with Gasteiger partial charge in [-0.3, -0.25) is 4.79 Å². The van der Waals surface area contributed by atoms with E-state index >= 15 is 0 Å². The lowest BCUT2D eigenvalue weighted by atomic mass is 10.0. The van der Waals surface area contributed by atoms with Gasteiger partial charge in [0.15, 0.2) is 0 Å². The number of anilines is 1. The van der Waals surface area contributed by atoms with Crippen molar-refractivity contribution in [2.45, 2.75) is 25.8 Å². The number of carboxylic acids is 1. The van der Waals surface area contributed by atoms with Gasteiger partial charge in [-0.05, 0) is 23.6 Å². The Balaban J connectivity index is 2.84. The van der Waals surface area contributed by atoms with E-state index in [1.807, 2.05) is 18.2 Å². The Kier molecular flexibility index (Phi) is 4.97. The normalized spacial score (nSPS) is 12.3. The van der Waals surface area contributed by atoms with Crippen molar-refractivity contribution in [3.05, 3.63) is 23.8 Å². The minimum Gasteiger partial charge on any atom is -0.495 e. The molecule has 0 bridgehead atoms. The van der Waals surface area contributed by atoms with Crippen molar-refractivity contribution in [1.82, 2.24) is 0 Å². The van der Waals surface area contributed by atoms with Crippen LogP contribution in [-0.2, 0) is 4.79 Å². The molecule has 4 N–H and O–H groups in total. The number of methoxy groups -OCH3 is 1. The molecule has 0 aliphatic heterocycles. The maximum absolute atomic E-state index is 10.7. The summed E-state index contributed by atoms with van der Waals surface area (Å²) in [6.07, 6.45) is 0. The van der Waals surface area contributed by atoms with Gasteiger partial charge in [0.05, 0.1) is 12.8 Å². The third-order valence-electron chi connectivity index (χ3n) is 2.72. The van der Waals surface area contributed by atoms with E-state index in [9.17, 15) is 4.79 Å². The quantitative estimate of drug-likeness (QED) is 0.716. The topological polar surface area (TPSA) is 84.6 Å². The second-order valence-electron chi connectivity index (χ2n) is 4.44. The van der Waals surface area contributed by atoms with Crippen molar-refractivity contribution in [2.75, 3.05) is 19.0 Å². The summed E-state index contributed by atoms with van der Waals surface area (Å²) in [5, 5.41) is 11.7. The van der Waals surface area contributed by atoms with Crippen LogP contribution in [0.15, 0.2) is 18.2 Å². The van der Waals surface area contributed by atoms with Crippen LogP contribution in [0.3, 0.4) is 0 Å². The number of hydrogen-bond donors (Lipinski definition) is 3. The Bertz CT molecular complexity index is 419. The number of hydrogen-bond acceptors (Lipinski definition) is 4. The second kappa shape index (κ2) is 6.26. The van der Waals surface area contributed by atoms with E-state index in [4.69, 9.17) is 15.6 Å². The van der Waals surface area contributed by atoms with Gasteiger partial charge in [-0.15, -0.1) is 0 Å². The predicted molar refractivity (Wildman–Crippen MR) is 71.2 cm³/mol. The average molecular weight is 252 g/mol.